The lowest BCUT2D eigenvalue weighted by molar-refractivity contribution is -0.151. The van der Waals surface area contributed by atoms with Gasteiger partial charge < -0.3 is 10.0 Å². The third-order valence-corrected chi connectivity index (χ3v) is 5.99. The maximum Gasteiger partial charge on any atom is 0.326 e. The predicted molar refractivity (Wildman–Crippen MR) is 68.3 cm³/mol. The van der Waals surface area contributed by atoms with Crippen LogP contribution >= 0.6 is 0 Å². The van der Waals surface area contributed by atoms with Gasteiger partial charge in [-0.05, 0) is 62.7 Å². The van der Waals surface area contributed by atoms with Gasteiger partial charge in [0.2, 0.25) is 5.91 Å². The minimum Gasteiger partial charge on any atom is -0.480 e. The highest BCUT2D eigenvalue weighted by atomic mass is 16.4. The van der Waals surface area contributed by atoms with Gasteiger partial charge in [-0.15, -0.1) is 0 Å². The van der Waals surface area contributed by atoms with E-state index in [1.807, 2.05) is 0 Å². The van der Waals surface area contributed by atoms with Gasteiger partial charge in [-0.1, -0.05) is 0 Å². The summed E-state index contributed by atoms with van der Waals surface area (Å²) in [5.41, 5.74) is 0. The smallest absolute Gasteiger partial charge is 0.326 e. The van der Waals surface area contributed by atoms with E-state index in [9.17, 15) is 14.7 Å². The zero-order valence-corrected chi connectivity index (χ0v) is 11.3. The largest absolute Gasteiger partial charge is 0.480 e. The Balaban J connectivity index is 1.52. The molecule has 1 N–H and O–H groups in total. The molecule has 1 amide bonds. The van der Waals surface area contributed by atoms with Crippen LogP contribution in [0, 0.1) is 29.6 Å². The second-order valence-electron chi connectivity index (χ2n) is 7.00. The van der Waals surface area contributed by atoms with Crippen LogP contribution in [0.25, 0.3) is 0 Å². The lowest BCUT2D eigenvalue weighted by Gasteiger charge is -2.27. The Hall–Kier alpha value is -1.06. The Morgan fingerprint density at radius 3 is 2.16 bits per heavy atom. The molecule has 0 aromatic rings. The number of rotatable bonds is 4. The number of carbonyl (C=O) groups is 2. The van der Waals surface area contributed by atoms with Crippen molar-refractivity contribution in [3.8, 4) is 0 Å². The second-order valence-corrected chi connectivity index (χ2v) is 7.00. The zero-order valence-electron chi connectivity index (χ0n) is 11.3. The number of amides is 1. The van der Waals surface area contributed by atoms with Crippen molar-refractivity contribution in [3.63, 3.8) is 0 Å². The normalized spacial score (nSPS) is 43.7. The summed E-state index contributed by atoms with van der Waals surface area (Å²) in [6, 6.07) is -0.448. The molecule has 1 unspecified atom stereocenters. The van der Waals surface area contributed by atoms with Gasteiger partial charge in [0.1, 0.15) is 6.04 Å². The van der Waals surface area contributed by atoms with E-state index in [2.05, 4.69) is 0 Å². The molecule has 2 bridgehead atoms. The van der Waals surface area contributed by atoms with Crippen LogP contribution in [-0.2, 0) is 9.59 Å². The van der Waals surface area contributed by atoms with Crippen LogP contribution in [0.15, 0.2) is 0 Å². The van der Waals surface area contributed by atoms with Gasteiger partial charge in [0.15, 0.2) is 0 Å². The number of fused-ring (bicyclic) bond motifs is 5. The Morgan fingerprint density at radius 2 is 1.68 bits per heavy atom. The van der Waals surface area contributed by atoms with Gasteiger partial charge >= 0.3 is 5.97 Å². The summed E-state index contributed by atoms with van der Waals surface area (Å²) in [6.45, 7) is 1.66. The molecule has 0 saturated heterocycles. The first-order chi connectivity index (χ1) is 9.09. The van der Waals surface area contributed by atoms with E-state index >= 15 is 0 Å². The summed E-state index contributed by atoms with van der Waals surface area (Å²) < 4.78 is 0. The lowest BCUT2D eigenvalue weighted by atomic mass is 10.0. The topological polar surface area (TPSA) is 57.6 Å². The molecule has 19 heavy (non-hydrogen) atoms. The minimum absolute atomic E-state index is 0.156. The van der Waals surface area contributed by atoms with E-state index in [0.717, 1.165) is 24.7 Å². The van der Waals surface area contributed by atoms with E-state index in [1.54, 1.807) is 11.8 Å². The van der Waals surface area contributed by atoms with Gasteiger partial charge in [-0.2, -0.15) is 0 Å². The molecule has 4 fully saturated rings. The Labute approximate surface area is 113 Å². The number of carboxylic acid groups (broad SMARTS) is 1. The fraction of sp³-hybridized carbons (Fsp3) is 0.867. The third kappa shape index (κ3) is 1.58. The average Bonchev–Trinajstić information content (AvgIpc) is 3.28. The highest BCUT2D eigenvalue weighted by Gasteiger charge is 2.68. The standard InChI is InChI=1S/C15H21NO3/c1-7(15(18)19)16(10-4-5-10)14(17)13-11-8-2-3-9(6-8)12(11)13/h7-13H,2-6H2,1H3,(H,18,19)/t7-,8-,9-,11-,12+,13?/m0/s1. The molecule has 6 atom stereocenters. The van der Waals surface area contributed by atoms with Crippen LogP contribution in [0.1, 0.15) is 39.0 Å². The molecule has 0 aromatic heterocycles. The third-order valence-electron chi connectivity index (χ3n) is 5.99. The van der Waals surface area contributed by atoms with Gasteiger partial charge in [0.25, 0.3) is 0 Å². The number of hydrogen-bond acceptors (Lipinski definition) is 2. The van der Waals surface area contributed by atoms with Crippen molar-refractivity contribution in [3.05, 3.63) is 0 Å². The highest BCUT2D eigenvalue weighted by Crippen LogP contribution is 2.69. The van der Waals surface area contributed by atoms with Crippen LogP contribution < -0.4 is 0 Å². The second kappa shape index (κ2) is 3.74. The molecule has 4 aliphatic rings. The van der Waals surface area contributed by atoms with Crippen molar-refractivity contribution in [2.45, 2.75) is 51.1 Å². The molecule has 104 valence electrons. The first-order valence-electron chi connectivity index (χ1n) is 7.64. The van der Waals surface area contributed by atoms with Gasteiger partial charge in [0, 0.05) is 12.0 Å². The summed E-state index contributed by atoms with van der Waals surface area (Å²) in [6.07, 6.45) is 5.90. The maximum atomic E-state index is 12.7. The van der Waals surface area contributed by atoms with E-state index in [1.165, 1.54) is 19.3 Å². The van der Waals surface area contributed by atoms with E-state index < -0.39 is 12.0 Å². The van der Waals surface area contributed by atoms with Gasteiger partial charge in [-0.3, -0.25) is 4.79 Å². The number of nitrogens with zero attached hydrogens (tertiary/aromatic N) is 1. The summed E-state index contributed by atoms with van der Waals surface area (Å²) in [4.78, 5) is 25.6. The number of carbonyl (C=O) groups excluding carboxylic acids is 1. The van der Waals surface area contributed by atoms with Crippen LogP contribution in [0.5, 0.6) is 0 Å². The number of hydrogen-bond donors (Lipinski definition) is 1. The fourth-order valence-corrected chi connectivity index (χ4v) is 4.99. The summed E-state index contributed by atoms with van der Waals surface area (Å²) >= 11 is 0. The summed E-state index contributed by atoms with van der Waals surface area (Å²) in [7, 11) is 0. The molecule has 4 aliphatic carbocycles. The van der Waals surface area contributed by atoms with Gasteiger partial charge in [-0.25, -0.2) is 4.79 Å². The molecule has 0 aromatic carbocycles. The molecule has 0 heterocycles. The molecule has 4 rings (SSSR count). The molecule has 4 nitrogen and oxygen atoms in total. The quantitative estimate of drug-likeness (QED) is 0.840. The molecular weight excluding hydrogens is 242 g/mol. The Morgan fingerprint density at radius 1 is 1.11 bits per heavy atom. The first-order valence-corrected chi connectivity index (χ1v) is 7.64. The van der Waals surface area contributed by atoms with Crippen LogP contribution in [0.2, 0.25) is 0 Å². The molecular formula is C15H21NO3. The summed E-state index contributed by atoms with van der Waals surface area (Å²) in [5.74, 6) is 2.21. The lowest BCUT2D eigenvalue weighted by Crippen LogP contribution is -2.46. The van der Waals surface area contributed by atoms with Crippen LogP contribution in [0.4, 0.5) is 0 Å². The molecule has 0 aliphatic heterocycles. The molecule has 0 spiro atoms. The maximum absolute atomic E-state index is 12.7. The molecule has 4 saturated carbocycles. The SMILES string of the molecule is C[C@@H](C(=O)O)N(C(=O)C1[C@@H]2[C@H]3CC[C@@H](C3)[C@H]12)C1CC1. The van der Waals surface area contributed by atoms with E-state index in [-0.39, 0.29) is 17.9 Å². The average molecular weight is 263 g/mol. The van der Waals surface area contributed by atoms with Crippen molar-refractivity contribution in [2.75, 3.05) is 0 Å². The van der Waals surface area contributed by atoms with E-state index in [4.69, 9.17) is 0 Å². The fourth-order valence-electron chi connectivity index (χ4n) is 4.99. The summed E-state index contributed by atoms with van der Waals surface area (Å²) in [5, 5.41) is 9.21. The monoisotopic (exact) mass is 263 g/mol. The predicted octanol–water partition coefficient (Wildman–Crippen LogP) is 1.74. The number of aliphatic carboxylic acids is 1. The van der Waals surface area contributed by atoms with E-state index in [0.29, 0.717) is 11.8 Å². The van der Waals surface area contributed by atoms with Crippen molar-refractivity contribution in [1.29, 1.82) is 0 Å². The van der Waals surface area contributed by atoms with Crippen molar-refractivity contribution in [1.82, 2.24) is 4.90 Å². The highest BCUT2D eigenvalue weighted by molar-refractivity contribution is 5.88. The van der Waals surface area contributed by atoms with Gasteiger partial charge in [0.05, 0.1) is 0 Å². The minimum atomic E-state index is -0.867. The molecule has 0 radical (unpaired) electrons. The zero-order chi connectivity index (χ0) is 13.3. The van der Waals surface area contributed by atoms with Crippen molar-refractivity contribution >= 4 is 11.9 Å². The Bertz CT molecular complexity index is 429. The first kappa shape index (κ1) is 11.7. The van der Waals surface area contributed by atoms with Crippen LogP contribution in [-0.4, -0.2) is 34.0 Å². The van der Waals surface area contributed by atoms with Crippen LogP contribution in [0.3, 0.4) is 0 Å². The van der Waals surface area contributed by atoms with Crippen molar-refractivity contribution in [2.24, 2.45) is 29.6 Å². The molecule has 4 heteroatoms. The van der Waals surface area contributed by atoms with Crippen molar-refractivity contribution < 1.29 is 14.7 Å². The Kier molecular flexibility index (Phi) is 2.31. The number of carboxylic acids is 1.